The normalized spacial score (nSPS) is 20.9. The van der Waals surface area contributed by atoms with Crippen LogP contribution in [0, 0.1) is 5.41 Å². The second kappa shape index (κ2) is 9.98. The third-order valence-corrected chi connectivity index (χ3v) is 9.13. The van der Waals surface area contributed by atoms with Crippen LogP contribution >= 0.6 is 0 Å². The van der Waals surface area contributed by atoms with Gasteiger partial charge in [0.05, 0.1) is 27.4 Å². The van der Waals surface area contributed by atoms with E-state index in [9.17, 15) is 14.4 Å². The van der Waals surface area contributed by atoms with Crippen molar-refractivity contribution < 1.29 is 28.6 Å². The lowest BCUT2D eigenvalue weighted by molar-refractivity contribution is 0.0664. The number of Topliss-reactive ketones (excluding diaryl/α,β-unsaturated/α-hetero) is 3. The Balaban J connectivity index is 1.56. The average molecular weight is 572 g/mol. The summed E-state index contributed by atoms with van der Waals surface area (Å²) in [6, 6.07) is 25.2. The van der Waals surface area contributed by atoms with Gasteiger partial charge in [0.2, 0.25) is 0 Å². The molecule has 1 aliphatic carbocycles. The summed E-state index contributed by atoms with van der Waals surface area (Å²) in [7, 11) is 4.67. The molecule has 43 heavy (non-hydrogen) atoms. The molecule has 1 saturated heterocycles. The van der Waals surface area contributed by atoms with E-state index < -0.39 is 23.4 Å². The Bertz CT molecular complexity index is 1790. The number of nitrogens with zero attached hydrogens (tertiary/aromatic N) is 1. The quantitative estimate of drug-likeness (QED) is 0.207. The van der Waals surface area contributed by atoms with Crippen molar-refractivity contribution in [2.75, 3.05) is 26.2 Å². The number of para-hydroxylation sites is 1. The fourth-order valence-electron chi connectivity index (χ4n) is 7.27. The smallest absolute Gasteiger partial charge is 0.185 e. The van der Waals surface area contributed by atoms with Crippen LogP contribution in [0.15, 0.2) is 97.1 Å². The van der Waals surface area contributed by atoms with E-state index in [1.165, 1.54) is 0 Å². The van der Waals surface area contributed by atoms with E-state index in [2.05, 4.69) is 0 Å². The maximum Gasteiger partial charge on any atom is 0.185 e. The summed E-state index contributed by atoms with van der Waals surface area (Å²) in [5.74, 6) is -0.129. The molecule has 4 aromatic rings. The molecule has 0 aromatic heterocycles. The standard InChI is InChI=1S/C36H29NO6/c1-41-23-15-12-22(13-16-23)33(38)32-31(27-20-24(42-2)17-18-29(27)43-3)36(34(39)25-9-5-6-10-26(25)35(36)40)30-19-14-21-8-4-7-11-28(21)37(30)32/h4-20,30-32H,1-3H3/t30-,31-,32+/m1/s1. The van der Waals surface area contributed by atoms with Gasteiger partial charge in [0, 0.05) is 33.9 Å². The molecule has 0 saturated carbocycles. The number of carbonyl (C=O) groups is 3. The number of methoxy groups -OCH3 is 3. The van der Waals surface area contributed by atoms with Crippen molar-refractivity contribution in [1.82, 2.24) is 0 Å². The fraction of sp³-hybridized carbons (Fsp3) is 0.194. The maximum atomic E-state index is 14.9. The number of ether oxygens (including phenoxy) is 3. The second-order valence-electron chi connectivity index (χ2n) is 11.0. The topological polar surface area (TPSA) is 82.1 Å². The van der Waals surface area contributed by atoms with Crippen molar-refractivity contribution >= 4 is 29.1 Å². The molecule has 2 aliphatic heterocycles. The first kappa shape index (κ1) is 26.7. The van der Waals surface area contributed by atoms with Crippen molar-refractivity contribution in [3.8, 4) is 17.2 Å². The van der Waals surface area contributed by atoms with E-state index in [-0.39, 0.29) is 17.3 Å². The monoisotopic (exact) mass is 571 g/mol. The Morgan fingerprint density at radius 1 is 0.744 bits per heavy atom. The molecule has 0 unspecified atom stereocenters. The van der Waals surface area contributed by atoms with E-state index >= 15 is 0 Å². The molecule has 0 radical (unpaired) electrons. The Hall–Kier alpha value is -5.17. The first-order chi connectivity index (χ1) is 20.9. The molecule has 3 atom stereocenters. The Morgan fingerprint density at radius 2 is 1.37 bits per heavy atom. The molecule has 7 heteroatoms. The van der Waals surface area contributed by atoms with Crippen LogP contribution in [0.1, 0.15) is 48.1 Å². The predicted octanol–water partition coefficient (Wildman–Crippen LogP) is 6.03. The molecule has 214 valence electrons. The summed E-state index contributed by atoms with van der Waals surface area (Å²) in [4.78, 5) is 46.5. The van der Waals surface area contributed by atoms with Gasteiger partial charge in [0.15, 0.2) is 17.3 Å². The second-order valence-corrected chi connectivity index (χ2v) is 11.0. The van der Waals surface area contributed by atoms with Gasteiger partial charge < -0.3 is 19.1 Å². The zero-order chi connectivity index (χ0) is 29.9. The Morgan fingerprint density at radius 3 is 2.02 bits per heavy atom. The van der Waals surface area contributed by atoms with Gasteiger partial charge in [-0.05, 0) is 54.1 Å². The molecule has 2 heterocycles. The number of fused-ring (bicyclic) bond motifs is 5. The number of carbonyl (C=O) groups excluding carboxylic acids is 3. The number of rotatable bonds is 6. The lowest BCUT2D eigenvalue weighted by atomic mass is 9.64. The van der Waals surface area contributed by atoms with Crippen LogP contribution in [0.5, 0.6) is 17.2 Å². The van der Waals surface area contributed by atoms with Crippen LogP contribution in [-0.4, -0.2) is 50.8 Å². The molecule has 7 nitrogen and oxygen atoms in total. The molecule has 0 bridgehead atoms. The summed E-state index contributed by atoms with van der Waals surface area (Å²) in [5.41, 5.74) is 1.77. The van der Waals surface area contributed by atoms with Gasteiger partial charge in [-0.1, -0.05) is 54.6 Å². The average Bonchev–Trinajstić information content (AvgIpc) is 3.50. The van der Waals surface area contributed by atoms with Gasteiger partial charge in [0.1, 0.15) is 28.7 Å². The number of ketones is 3. The van der Waals surface area contributed by atoms with Crippen LogP contribution in [0.2, 0.25) is 0 Å². The first-order valence-electron chi connectivity index (χ1n) is 14.1. The largest absolute Gasteiger partial charge is 0.497 e. The molecular weight excluding hydrogens is 542 g/mol. The van der Waals surface area contributed by atoms with Crippen LogP contribution in [0.4, 0.5) is 5.69 Å². The number of anilines is 1. The first-order valence-corrected chi connectivity index (χ1v) is 14.1. The third kappa shape index (κ3) is 3.64. The highest BCUT2D eigenvalue weighted by Gasteiger charge is 2.72. The SMILES string of the molecule is COc1ccc(C(=O)[C@@H]2[C@@H](c3cc(OC)ccc3OC)C3(C(=O)c4ccccc4C3=O)[C@H]3C=Cc4ccccc4N23)cc1. The van der Waals surface area contributed by atoms with E-state index in [0.29, 0.717) is 39.5 Å². The molecule has 3 aliphatic rings. The highest BCUT2D eigenvalue weighted by molar-refractivity contribution is 6.32. The van der Waals surface area contributed by atoms with Gasteiger partial charge >= 0.3 is 0 Å². The molecule has 1 fully saturated rings. The molecule has 0 amide bonds. The van der Waals surface area contributed by atoms with Gasteiger partial charge in [-0.3, -0.25) is 14.4 Å². The van der Waals surface area contributed by atoms with Crippen LogP contribution in [0.3, 0.4) is 0 Å². The van der Waals surface area contributed by atoms with Gasteiger partial charge in [-0.2, -0.15) is 0 Å². The minimum atomic E-state index is -1.64. The van der Waals surface area contributed by atoms with Crippen molar-refractivity contribution in [2.45, 2.75) is 18.0 Å². The van der Waals surface area contributed by atoms with Crippen LogP contribution in [-0.2, 0) is 0 Å². The van der Waals surface area contributed by atoms with Gasteiger partial charge in [-0.25, -0.2) is 0 Å². The van der Waals surface area contributed by atoms with Crippen molar-refractivity contribution in [1.29, 1.82) is 0 Å². The van der Waals surface area contributed by atoms with Crippen LogP contribution in [0.25, 0.3) is 6.08 Å². The van der Waals surface area contributed by atoms with Gasteiger partial charge in [-0.15, -0.1) is 0 Å². The van der Waals surface area contributed by atoms with Gasteiger partial charge in [0.25, 0.3) is 0 Å². The summed E-state index contributed by atoms with van der Waals surface area (Å²) in [6.07, 6.45) is 3.85. The van der Waals surface area contributed by atoms with E-state index in [4.69, 9.17) is 14.2 Å². The molecular formula is C36H29NO6. The molecule has 0 N–H and O–H groups in total. The summed E-state index contributed by atoms with van der Waals surface area (Å²) >= 11 is 0. The van der Waals surface area contributed by atoms with Crippen LogP contribution < -0.4 is 19.1 Å². The Labute approximate surface area is 249 Å². The highest BCUT2D eigenvalue weighted by Crippen LogP contribution is 2.62. The van der Waals surface area contributed by atoms with Crippen molar-refractivity contribution in [3.63, 3.8) is 0 Å². The molecule has 1 spiro atoms. The number of benzene rings is 4. The molecule has 4 aromatic carbocycles. The van der Waals surface area contributed by atoms with E-state index in [1.807, 2.05) is 41.3 Å². The van der Waals surface area contributed by atoms with E-state index in [0.717, 1.165) is 11.3 Å². The van der Waals surface area contributed by atoms with Crippen molar-refractivity contribution in [3.05, 3.63) is 125 Å². The predicted molar refractivity (Wildman–Crippen MR) is 163 cm³/mol. The molecule has 7 rings (SSSR count). The minimum Gasteiger partial charge on any atom is -0.497 e. The fourth-order valence-corrected chi connectivity index (χ4v) is 7.27. The van der Waals surface area contributed by atoms with E-state index in [1.54, 1.807) is 88.1 Å². The minimum absolute atomic E-state index is 0.221. The lowest BCUT2D eigenvalue weighted by Crippen LogP contribution is -2.48. The zero-order valence-corrected chi connectivity index (χ0v) is 23.9. The number of hydrogen-bond donors (Lipinski definition) is 0. The summed E-state index contributed by atoms with van der Waals surface area (Å²) < 4.78 is 16.8. The Kier molecular flexibility index (Phi) is 6.20. The maximum absolute atomic E-state index is 14.9. The summed E-state index contributed by atoms with van der Waals surface area (Å²) in [6.45, 7) is 0. The highest BCUT2D eigenvalue weighted by atomic mass is 16.5. The van der Waals surface area contributed by atoms with Crippen molar-refractivity contribution in [2.24, 2.45) is 5.41 Å². The number of hydrogen-bond acceptors (Lipinski definition) is 7. The lowest BCUT2D eigenvalue weighted by Gasteiger charge is -2.37. The third-order valence-electron chi connectivity index (χ3n) is 9.13. The summed E-state index contributed by atoms with van der Waals surface area (Å²) in [5, 5.41) is 0. The zero-order valence-electron chi connectivity index (χ0n) is 23.9.